The van der Waals surface area contributed by atoms with Gasteiger partial charge in [-0.25, -0.2) is 9.97 Å². The van der Waals surface area contributed by atoms with E-state index >= 15 is 0 Å². The molecule has 2 aromatic rings. The fraction of sp³-hybridized carbons (Fsp3) is 0.474. The predicted molar refractivity (Wildman–Crippen MR) is 97.3 cm³/mol. The quantitative estimate of drug-likeness (QED) is 0.838. The summed E-state index contributed by atoms with van der Waals surface area (Å²) < 4.78 is 0. The van der Waals surface area contributed by atoms with E-state index in [1.807, 2.05) is 25.1 Å². The Morgan fingerprint density at radius 2 is 2.16 bits per heavy atom. The summed E-state index contributed by atoms with van der Waals surface area (Å²) in [7, 11) is 3.57. The monoisotopic (exact) mass is 339 g/mol. The Kier molecular flexibility index (Phi) is 5.26. The van der Waals surface area contributed by atoms with Crippen LogP contribution in [0.5, 0.6) is 0 Å². The molecule has 1 aliphatic rings. The van der Waals surface area contributed by atoms with Crippen LogP contribution in [0, 0.1) is 6.92 Å². The lowest BCUT2D eigenvalue weighted by Gasteiger charge is -2.25. The Morgan fingerprint density at radius 3 is 2.92 bits per heavy atom. The first-order valence-electron chi connectivity index (χ1n) is 8.76. The summed E-state index contributed by atoms with van der Waals surface area (Å²) >= 11 is 0. The van der Waals surface area contributed by atoms with E-state index in [9.17, 15) is 4.79 Å². The molecule has 6 heteroatoms. The van der Waals surface area contributed by atoms with E-state index in [0.717, 1.165) is 42.3 Å². The first kappa shape index (κ1) is 17.3. The van der Waals surface area contributed by atoms with Gasteiger partial charge in [0.25, 0.3) is 0 Å². The number of carbonyl (C=O) groups is 1. The number of rotatable bonds is 5. The largest absolute Gasteiger partial charge is 0.349 e. The maximum Gasteiger partial charge on any atom is 0.222 e. The molecule has 0 aliphatic carbocycles. The van der Waals surface area contributed by atoms with Crippen molar-refractivity contribution in [3.05, 3.63) is 47.7 Å². The minimum atomic E-state index is 0.131. The summed E-state index contributed by atoms with van der Waals surface area (Å²) in [6.45, 7) is 2.96. The van der Waals surface area contributed by atoms with Gasteiger partial charge in [-0.2, -0.15) is 0 Å². The molecule has 3 rings (SSSR count). The molecule has 0 aromatic carbocycles. The number of hydrogen-bond acceptors (Lipinski definition) is 5. The number of hydrogen-bond donors (Lipinski definition) is 0. The van der Waals surface area contributed by atoms with Gasteiger partial charge in [0.05, 0.1) is 11.7 Å². The van der Waals surface area contributed by atoms with Crippen LogP contribution in [0.4, 0.5) is 5.82 Å². The molecule has 0 spiro atoms. The number of pyridine rings is 1. The number of carbonyl (C=O) groups excluding carboxylic acids is 1. The zero-order valence-electron chi connectivity index (χ0n) is 15.1. The van der Waals surface area contributed by atoms with Crippen LogP contribution in [0.2, 0.25) is 0 Å². The van der Waals surface area contributed by atoms with E-state index in [-0.39, 0.29) is 11.9 Å². The lowest BCUT2D eigenvalue weighted by molar-refractivity contribution is -0.128. The van der Waals surface area contributed by atoms with Crippen LogP contribution in [0.25, 0.3) is 0 Å². The van der Waals surface area contributed by atoms with Gasteiger partial charge in [0.1, 0.15) is 12.1 Å². The summed E-state index contributed by atoms with van der Waals surface area (Å²) in [6.07, 6.45) is 4.97. The average molecular weight is 339 g/mol. The maximum atomic E-state index is 11.8. The second-order valence-corrected chi connectivity index (χ2v) is 6.71. The van der Waals surface area contributed by atoms with Crippen LogP contribution in [0.1, 0.15) is 42.4 Å². The predicted octanol–water partition coefficient (Wildman–Crippen LogP) is 2.54. The number of nitrogens with zero attached hydrogens (tertiary/aromatic N) is 5. The van der Waals surface area contributed by atoms with Crippen molar-refractivity contribution >= 4 is 11.7 Å². The molecule has 1 amide bonds. The summed E-state index contributed by atoms with van der Waals surface area (Å²) in [6, 6.07) is 8.38. The van der Waals surface area contributed by atoms with Crippen LogP contribution in [-0.4, -0.2) is 46.4 Å². The summed E-state index contributed by atoms with van der Waals surface area (Å²) in [5, 5.41) is 0. The van der Waals surface area contributed by atoms with Gasteiger partial charge in [0, 0.05) is 44.5 Å². The molecule has 3 heterocycles. The summed E-state index contributed by atoms with van der Waals surface area (Å²) in [5.41, 5.74) is 3.00. The minimum absolute atomic E-state index is 0.131. The van der Waals surface area contributed by atoms with Crippen molar-refractivity contribution < 1.29 is 4.79 Å². The summed E-state index contributed by atoms with van der Waals surface area (Å²) in [5.74, 6) is 1.09. The van der Waals surface area contributed by atoms with Crippen molar-refractivity contribution in [2.24, 2.45) is 0 Å². The Balaban J connectivity index is 1.76. The van der Waals surface area contributed by atoms with Gasteiger partial charge in [0.15, 0.2) is 0 Å². The van der Waals surface area contributed by atoms with E-state index < -0.39 is 0 Å². The average Bonchev–Trinajstić information content (AvgIpc) is 3.09. The highest BCUT2D eigenvalue weighted by Gasteiger charge is 2.28. The first-order chi connectivity index (χ1) is 12.0. The molecule has 0 bridgehead atoms. The van der Waals surface area contributed by atoms with Crippen LogP contribution in [0.15, 0.2) is 30.6 Å². The van der Waals surface area contributed by atoms with Gasteiger partial charge >= 0.3 is 0 Å². The summed E-state index contributed by atoms with van der Waals surface area (Å²) in [4.78, 5) is 29.2. The number of aromatic nitrogens is 3. The highest BCUT2D eigenvalue weighted by atomic mass is 16.2. The lowest BCUT2D eigenvalue weighted by atomic mass is 10.1. The van der Waals surface area contributed by atoms with Crippen molar-refractivity contribution in [2.45, 2.75) is 38.6 Å². The molecule has 0 saturated carbocycles. The molecule has 1 aliphatic heterocycles. The molecular weight excluding hydrogens is 314 g/mol. The molecule has 25 heavy (non-hydrogen) atoms. The normalized spacial score (nSPS) is 16.9. The molecule has 2 aromatic heterocycles. The van der Waals surface area contributed by atoms with Crippen molar-refractivity contribution in [1.82, 2.24) is 19.9 Å². The Bertz CT molecular complexity index is 746. The van der Waals surface area contributed by atoms with Crippen LogP contribution < -0.4 is 4.90 Å². The zero-order chi connectivity index (χ0) is 17.8. The van der Waals surface area contributed by atoms with Gasteiger partial charge in [-0.3, -0.25) is 9.78 Å². The fourth-order valence-electron chi connectivity index (χ4n) is 3.23. The molecule has 1 fully saturated rings. The van der Waals surface area contributed by atoms with E-state index in [1.165, 1.54) is 0 Å². The van der Waals surface area contributed by atoms with Gasteiger partial charge in [-0.1, -0.05) is 6.07 Å². The van der Waals surface area contributed by atoms with Crippen LogP contribution in [-0.2, 0) is 11.2 Å². The molecule has 6 nitrogen and oxygen atoms in total. The van der Waals surface area contributed by atoms with Crippen LogP contribution >= 0.6 is 0 Å². The van der Waals surface area contributed by atoms with Gasteiger partial charge in [-0.15, -0.1) is 0 Å². The third kappa shape index (κ3) is 4.13. The molecular formula is C19H25N5O. The molecule has 0 unspecified atom stereocenters. The topological polar surface area (TPSA) is 62.2 Å². The lowest BCUT2D eigenvalue weighted by Crippen LogP contribution is -2.25. The fourth-order valence-corrected chi connectivity index (χ4v) is 3.23. The number of aryl methyl sites for hydroxylation is 2. The van der Waals surface area contributed by atoms with Crippen molar-refractivity contribution in [3.63, 3.8) is 0 Å². The van der Waals surface area contributed by atoms with E-state index in [4.69, 9.17) is 4.98 Å². The third-order valence-electron chi connectivity index (χ3n) is 4.60. The van der Waals surface area contributed by atoms with E-state index in [0.29, 0.717) is 12.8 Å². The Morgan fingerprint density at radius 1 is 1.32 bits per heavy atom. The van der Waals surface area contributed by atoms with Crippen LogP contribution in [0.3, 0.4) is 0 Å². The highest BCUT2D eigenvalue weighted by molar-refractivity contribution is 5.75. The van der Waals surface area contributed by atoms with Crippen molar-refractivity contribution in [1.29, 1.82) is 0 Å². The van der Waals surface area contributed by atoms with Gasteiger partial charge < -0.3 is 9.80 Å². The van der Waals surface area contributed by atoms with E-state index in [2.05, 4.69) is 20.9 Å². The van der Waals surface area contributed by atoms with Crippen molar-refractivity contribution in [2.75, 3.05) is 25.5 Å². The molecule has 0 radical (unpaired) electrons. The molecule has 1 saturated heterocycles. The maximum absolute atomic E-state index is 11.8. The molecule has 0 N–H and O–H groups in total. The standard InChI is InChI=1S/C19H25N5O/c1-14-12-18(21-13-20-14)24-11-5-8-17(24)16-7-4-6-15(22-16)9-10-19(25)23(2)3/h4,6-7,12-13,17H,5,8-11H2,1-3H3/t17-/m1/s1. The van der Waals surface area contributed by atoms with Gasteiger partial charge in [0.2, 0.25) is 5.91 Å². The number of amides is 1. The SMILES string of the molecule is Cc1cc(N2CCC[C@@H]2c2cccc(CCC(=O)N(C)C)n2)ncn1. The Labute approximate surface area is 148 Å². The Hall–Kier alpha value is -2.50. The van der Waals surface area contributed by atoms with E-state index in [1.54, 1.807) is 25.3 Å². The minimum Gasteiger partial charge on any atom is -0.349 e. The second-order valence-electron chi connectivity index (χ2n) is 6.71. The zero-order valence-corrected chi connectivity index (χ0v) is 15.1. The third-order valence-corrected chi connectivity index (χ3v) is 4.60. The molecule has 132 valence electrons. The highest BCUT2D eigenvalue weighted by Crippen LogP contribution is 2.34. The molecule has 1 atom stereocenters. The van der Waals surface area contributed by atoms with Crippen molar-refractivity contribution in [3.8, 4) is 0 Å². The smallest absolute Gasteiger partial charge is 0.222 e. The second kappa shape index (κ2) is 7.59. The number of anilines is 1. The first-order valence-corrected chi connectivity index (χ1v) is 8.76. The van der Waals surface area contributed by atoms with Gasteiger partial charge in [-0.05, 0) is 38.3 Å².